The summed E-state index contributed by atoms with van der Waals surface area (Å²) >= 11 is 1.67. The maximum absolute atomic E-state index is 12.3. The van der Waals surface area contributed by atoms with Gasteiger partial charge < -0.3 is 10.2 Å². The third-order valence-corrected chi connectivity index (χ3v) is 4.42. The van der Waals surface area contributed by atoms with E-state index < -0.39 is 0 Å². The van der Waals surface area contributed by atoms with Crippen molar-refractivity contribution in [1.82, 2.24) is 9.78 Å². The number of benzene rings is 1. The van der Waals surface area contributed by atoms with Crippen LogP contribution in [0.4, 0.5) is 11.5 Å². The molecule has 0 saturated heterocycles. The minimum atomic E-state index is 0.00514. The largest absolute Gasteiger partial charge is 0.347 e. The molecule has 2 aromatic rings. The highest BCUT2D eigenvalue weighted by molar-refractivity contribution is 7.98. The minimum Gasteiger partial charge on any atom is -0.347 e. The average molecular weight is 316 g/mol. The van der Waals surface area contributed by atoms with Crippen LogP contribution in [0.3, 0.4) is 0 Å². The maximum atomic E-state index is 12.3. The lowest BCUT2D eigenvalue weighted by Gasteiger charge is -2.28. The maximum Gasteiger partial charge on any atom is 0.243 e. The SMILES string of the molecule is CSc1cccc(NC(=O)CN2CCCn3nc(C)cc32)c1. The van der Waals surface area contributed by atoms with Crippen molar-refractivity contribution in [2.45, 2.75) is 24.8 Å². The smallest absolute Gasteiger partial charge is 0.243 e. The Hall–Kier alpha value is -1.95. The van der Waals surface area contributed by atoms with Crippen LogP contribution in [-0.2, 0) is 11.3 Å². The number of nitrogens with zero attached hydrogens (tertiary/aromatic N) is 3. The summed E-state index contributed by atoms with van der Waals surface area (Å²) in [6.07, 6.45) is 3.04. The lowest BCUT2D eigenvalue weighted by atomic mass is 10.3. The number of amides is 1. The van der Waals surface area contributed by atoms with E-state index in [1.54, 1.807) is 11.8 Å². The number of anilines is 2. The quantitative estimate of drug-likeness (QED) is 0.881. The monoisotopic (exact) mass is 316 g/mol. The van der Waals surface area contributed by atoms with Crippen LogP contribution in [0.15, 0.2) is 35.2 Å². The molecule has 116 valence electrons. The van der Waals surface area contributed by atoms with Crippen molar-refractivity contribution in [3.63, 3.8) is 0 Å². The van der Waals surface area contributed by atoms with Crippen molar-refractivity contribution in [2.24, 2.45) is 0 Å². The van der Waals surface area contributed by atoms with Crippen LogP contribution < -0.4 is 10.2 Å². The molecule has 0 atom stereocenters. The van der Waals surface area contributed by atoms with E-state index in [9.17, 15) is 4.79 Å². The molecular formula is C16H20N4OS. The third kappa shape index (κ3) is 3.27. The van der Waals surface area contributed by atoms with E-state index >= 15 is 0 Å². The highest BCUT2D eigenvalue weighted by Gasteiger charge is 2.20. The van der Waals surface area contributed by atoms with Crippen molar-refractivity contribution >= 4 is 29.2 Å². The molecule has 1 aliphatic heterocycles. The number of rotatable bonds is 4. The zero-order valence-corrected chi connectivity index (χ0v) is 13.7. The number of fused-ring (bicyclic) bond motifs is 1. The van der Waals surface area contributed by atoms with Gasteiger partial charge in [0.1, 0.15) is 5.82 Å². The van der Waals surface area contributed by atoms with Crippen molar-refractivity contribution in [1.29, 1.82) is 0 Å². The van der Waals surface area contributed by atoms with Crippen molar-refractivity contribution in [2.75, 3.05) is 29.6 Å². The van der Waals surface area contributed by atoms with E-state index in [0.29, 0.717) is 6.54 Å². The Bertz CT molecular complexity index is 683. The Balaban J connectivity index is 1.67. The van der Waals surface area contributed by atoms with Gasteiger partial charge in [-0.25, -0.2) is 4.68 Å². The topological polar surface area (TPSA) is 50.2 Å². The second-order valence-electron chi connectivity index (χ2n) is 5.42. The zero-order valence-electron chi connectivity index (χ0n) is 12.9. The summed E-state index contributed by atoms with van der Waals surface area (Å²) in [5.74, 6) is 1.04. The third-order valence-electron chi connectivity index (χ3n) is 3.69. The normalized spacial score (nSPS) is 13.8. The molecule has 0 aliphatic carbocycles. The molecule has 0 saturated carbocycles. The highest BCUT2D eigenvalue weighted by atomic mass is 32.2. The van der Waals surface area contributed by atoms with Gasteiger partial charge in [0.2, 0.25) is 5.91 Å². The van der Waals surface area contributed by atoms with Gasteiger partial charge in [-0.2, -0.15) is 5.10 Å². The lowest BCUT2D eigenvalue weighted by molar-refractivity contribution is -0.115. The van der Waals surface area contributed by atoms with E-state index in [-0.39, 0.29) is 5.91 Å². The van der Waals surface area contributed by atoms with Crippen LogP contribution in [-0.4, -0.2) is 35.0 Å². The molecule has 0 fully saturated rings. The van der Waals surface area contributed by atoms with Gasteiger partial charge in [-0.15, -0.1) is 11.8 Å². The van der Waals surface area contributed by atoms with Gasteiger partial charge in [-0.1, -0.05) is 6.07 Å². The van der Waals surface area contributed by atoms with Crippen LogP contribution in [0.25, 0.3) is 0 Å². The average Bonchev–Trinajstić information content (AvgIpc) is 2.89. The van der Waals surface area contributed by atoms with Crippen molar-refractivity contribution in [3.8, 4) is 0 Å². The summed E-state index contributed by atoms with van der Waals surface area (Å²) in [6.45, 7) is 4.16. The molecule has 5 nitrogen and oxygen atoms in total. The first-order valence-corrected chi connectivity index (χ1v) is 8.61. The Kier molecular flexibility index (Phi) is 4.38. The number of nitrogens with one attached hydrogen (secondary N) is 1. The molecule has 22 heavy (non-hydrogen) atoms. The number of hydrogen-bond acceptors (Lipinski definition) is 4. The Labute approximate surface area is 134 Å². The molecule has 1 N–H and O–H groups in total. The summed E-state index contributed by atoms with van der Waals surface area (Å²) in [4.78, 5) is 15.5. The summed E-state index contributed by atoms with van der Waals surface area (Å²) in [5, 5.41) is 7.43. The zero-order chi connectivity index (χ0) is 15.5. The van der Waals surface area contributed by atoms with Crippen LogP contribution in [0.1, 0.15) is 12.1 Å². The van der Waals surface area contributed by atoms with Gasteiger partial charge in [0, 0.05) is 29.7 Å². The van der Waals surface area contributed by atoms with Crippen LogP contribution in [0.2, 0.25) is 0 Å². The molecule has 0 radical (unpaired) electrons. The van der Waals surface area contributed by atoms with Gasteiger partial charge in [0.15, 0.2) is 0 Å². The number of hydrogen-bond donors (Lipinski definition) is 1. The van der Waals surface area contributed by atoms with E-state index in [1.807, 2.05) is 48.2 Å². The van der Waals surface area contributed by atoms with Gasteiger partial charge in [0.05, 0.1) is 12.2 Å². The van der Waals surface area contributed by atoms with Gasteiger partial charge in [-0.3, -0.25) is 4.79 Å². The molecule has 1 amide bonds. The predicted molar refractivity (Wildman–Crippen MR) is 90.6 cm³/mol. The fourth-order valence-electron chi connectivity index (χ4n) is 2.71. The first-order chi connectivity index (χ1) is 10.7. The minimum absolute atomic E-state index is 0.00514. The summed E-state index contributed by atoms with van der Waals surface area (Å²) in [6, 6.07) is 9.95. The van der Waals surface area contributed by atoms with Crippen LogP contribution in [0, 0.1) is 6.92 Å². The molecule has 1 aromatic carbocycles. The van der Waals surface area contributed by atoms with E-state index in [0.717, 1.165) is 41.6 Å². The number of aryl methyl sites for hydroxylation is 2. The van der Waals surface area contributed by atoms with Crippen molar-refractivity contribution in [3.05, 3.63) is 36.0 Å². The molecule has 0 bridgehead atoms. The molecular weight excluding hydrogens is 296 g/mol. The number of aromatic nitrogens is 2. The lowest BCUT2D eigenvalue weighted by Crippen LogP contribution is -2.38. The summed E-state index contributed by atoms with van der Waals surface area (Å²) in [5.41, 5.74) is 1.84. The first-order valence-electron chi connectivity index (χ1n) is 7.39. The fourth-order valence-corrected chi connectivity index (χ4v) is 3.17. The van der Waals surface area contributed by atoms with Gasteiger partial charge >= 0.3 is 0 Å². The summed E-state index contributed by atoms with van der Waals surface area (Å²) in [7, 11) is 0. The molecule has 6 heteroatoms. The number of thioether (sulfide) groups is 1. The standard InChI is InChI=1S/C16H20N4OS/c1-12-9-16-19(7-4-8-20(16)18-12)11-15(21)17-13-5-3-6-14(10-13)22-2/h3,5-6,9-10H,4,7-8,11H2,1-2H3,(H,17,21). The van der Waals surface area contributed by atoms with Gasteiger partial charge in [0.25, 0.3) is 0 Å². The molecule has 1 aromatic heterocycles. The van der Waals surface area contributed by atoms with Gasteiger partial charge in [-0.05, 0) is 37.8 Å². The molecule has 1 aliphatic rings. The van der Waals surface area contributed by atoms with E-state index in [4.69, 9.17) is 0 Å². The van der Waals surface area contributed by atoms with E-state index in [1.165, 1.54) is 0 Å². The summed E-state index contributed by atoms with van der Waals surface area (Å²) < 4.78 is 1.99. The Morgan fingerprint density at radius 3 is 3.05 bits per heavy atom. The fraction of sp³-hybridized carbons (Fsp3) is 0.375. The number of carbonyl (C=O) groups excluding carboxylic acids is 1. The molecule has 0 spiro atoms. The second-order valence-corrected chi connectivity index (χ2v) is 6.30. The first kappa shape index (κ1) is 15.0. The van der Waals surface area contributed by atoms with Crippen LogP contribution in [0.5, 0.6) is 0 Å². The van der Waals surface area contributed by atoms with Crippen molar-refractivity contribution < 1.29 is 4.79 Å². The Morgan fingerprint density at radius 2 is 2.23 bits per heavy atom. The van der Waals surface area contributed by atoms with E-state index in [2.05, 4.69) is 15.3 Å². The number of carbonyl (C=O) groups is 1. The molecule has 2 heterocycles. The van der Waals surface area contributed by atoms with Crippen LogP contribution >= 0.6 is 11.8 Å². The predicted octanol–water partition coefficient (Wildman–Crippen LogP) is 2.76. The second kappa shape index (κ2) is 6.44. The molecule has 3 rings (SSSR count). The Morgan fingerprint density at radius 1 is 1.36 bits per heavy atom. The molecule has 0 unspecified atom stereocenters. The highest BCUT2D eigenvalue weighted by Crippen LogP contribution is 2.22.